The predicted octanol–water partition coefficient (Wildman–Crippen LogP) is 4.61. The zero-order valence-corrected chi connectivity index (χ0v) is 23.2. The van der Waals surface area contributed by atoms with E-state index in [9.17, 15) is 9.59 Å². The van der Waals surface area contributed by atoms with Crippen molar-refractivity contribution in [3.63, 3.8) is 0 Å². The van der Waals surface area contributed by atoms with Gasteiger partial charge in [0.15, 0.2) is 0 Å². The number of fused-ring (bicyclic) bond motifs is 1. The van der Waals surface area contributed by atoms with Crippen LogP contribution in [0.15, 0.2) is 42.7 Å². The number of methoxy groups -OCH3 is 1. The summed E-state index contributed by atoms with van der Waals surface area (Å²) >= 11 is 0. The molecule has 1 saturated carbocycles. The van der Waals surface area contributed by atoms with Crippen LogP contribution >= 0.6 is 0 Å². The van der Waals surface area contributed by atoms with E-state index in [1.165, 1.54) is 6.42 Å². The summed E-state index contributed by atoms with van der Waals surface area (Å²) < 4.78 is 12.1. The third-order valence-corrected chi connectivity index (χ3v) is 7.93. The highest BCUT2D eigenvalue weighted by molar-refractivity contribution is 5.99. The molecule has 1 aromatic heterocycles. The molecule has 2 heterocycles. The van der Waals surface area contributed by atoms with Crippen LogP contribution in [0.3, 0.4) is 0 Å². The number of hydrogen-bond acceptors (Lipinski definition) is 6. The van der Waals surface area contributed by atoms with Crippen molar-refractivity contribution in [3.8, 4) is 5.75 Å². The number of amides is 2. The molecule has 4 rings (SSSR count). The zero-order valence-electron chi connectivity index (χ0n) is 23.2. The van der Waals surface area contributed by atoms with E-state index >= 15 is 0 Å². The van der Waals surface area contributed by atoms with Gasteiger partial charge in [0.1, 0.15) is 12.4 Å². The third kappa shape index (κ3) is 7.11. The lowest BCUT2D eigenvalue weighted by Crippen LogP contribution is -2.46. The van der Waals surface area contributed by atoms with Gasteiger partial charge >= 0.3 is 0 Å². The van der Waals surface area contributed by atoms with Gasteiger partial charge in [-0.15, -0.1) is 0 Å². The molecule has 8 heteroatoms. The van der Waals surface area contributed by atoms with E-state index in [0.29, 0.717) is 30.2 Å². The molecule has 1 fully saturated rings. The molecule has 1 aromatic carbocycles. The molecular formula is C30H42N4O4. The molecule has 2 aromatic rings. The van der Waals surface area contributed by atoms with Crippen LogP contribution < -0.4 is 10.1 Å². The minimum Gasteiger partial charge on any atom is -0.491 e. The van der Waals surface area contributed by atoms with E-state index in [1.807, 2.05) is 18.3 Å². The van der Waals surface area contributed by atoms with Crippen molar-refractivity contribution in [2.45, 2.75) is 64.6 Å². The fraction of sp³-hybridized carbons (Fsp3) is 0.567. The Morgan fingerprint density at radius 3 is 2.66 bits per heavy atom. The first-order valence-electron chi connectivity index (χ1n) is 13.8. The summed E-state index contributed by atoms with van der Waals surface area (Å²) in [5, 5.41) is 3.05. The maximum atomic E-state index is 13.6. The first kappa shape index (κ1) is 28.0. The first-order chi connectivity index (χ1) is 18.4. The summed E-state index contributed by atoms with van der Waals surface area (Å²) in [6.45, 7) is 6.70. The van der Waals surface area contributed by atoms with Gasteiger partial charge in [-0.3, -0.25) is 19.5 Å². The van der Waals surface area contributed by atoms with E-state index in [-0.39, 0.29) is 35.8 Å². The minimum absolute atomic E-state index is 0.0347. The number of pyridine rings is 1. The summed E-state index contributed by atoms with van der Waals surface area (Å²) in [5.74, 6) is 0.619. The molecule has 1 aliphatic carbocycles. The second-order valence-corrected chi connectivity index (χ2v) is 10.9. The molecular weight excluding hydrogens is 480 g/mol. The molecule has 1 aliphatic heterocycles. The van der Waals surface area contributed by atoms with Crippen molar-refractivity contribution < 1.29 is 19.1 Å². The van der Waals surface area contributed by atoms with Gasteiger partial charge in [0.25, 0.3) is 5.91 Å². The highest BCUT2D eigenvalue weighted by atomic mass is 16.5. The highest BCUT2D eigenvalue weighted by Crippen LogP contribution is 2.29. The standard InChI is InChI=1S/C30H42N4O4/c1-21-17-34(18-23-9-8-14-31-16-23)22(2)20-38-27-13-12-25(32-29(35)24-10-6-5-7-11-24)15-26(27)30(36)33(3)19-28(21)37-4/h8-9,12-16,21-22,24,28H,5-7,10-11,17-20H2,1-4H3,(H,32,35)/t21-,22-,28-/m0/s1. The lowest BCUT2D eigenvalue weighted by Gasteiger charge is -2.36. The van der Waals surface area contributed by atoms with Crippen molar-refractivity contribution in [3.05, 3.63) is 53.9 Å². The van der Waals surface area contributed by atoms with Crippen LogP contribution in [-0.2, 0) is 16.1 Å². The van der Waals surface area contributed by atoms with Gasteiger partial charge < -0.3 is 19.7 Å². The van der Waals surface area contributed by atoms with E-state index in [2.05, 4.69) is 35.1 Å². The average molecular weight is 523 g/mol. The fourth-order valence-electron chi connectivity index (χ4n) is 5.48. The number of aromatic nitrogens is 1. The maximum Gasteiger partial charge on any atom is 0.257 e. The van der Waals surface area contributed by atoms with Gasteiger partial charge in [0.2, 0.25) is 5.91 Å². The van der Waals surface area contributed by atoms with Crippen molar-refractivity contribution in [1.82, 2.24) is 14.8 Å². The first-order valence-corrected chi connectivity index (χ1v) is 13.8. The summed E-state index contributed by atoms with van der Waals surface area (Å²) in [4.78, 5) is 34.8. The van der Waals surface area contributed by atoms with Crippen LogP contribution in [0, 0.1) is 11.8 Å². The Balaban J connectivity index is 1.59. The number of carbonyl (C=O) groups excluding carboxylic acids is 2. The number of benzene rings is 1. The Morgan fingerprint density at radius 2 is 1.95 bits per heavy atom. The van der Waals surface area contributed by atoms with Crippen molar-refractivity contribution in [1.29, 1.82) is 0 Å². The largest absolute Gasteiger partial charge is 0.491 e. The quantitative estimate of drug-likeness (QED) is 0.618. The molecule has 38 heavy (non-hydrogen) atoms. The Labute approximate surface area is 226 Å². The number of hydrogen-bond donors (Lipinski definition) is 1. The van der Waals surface area contributed by atoms with Gasteiger partial charge in [-0.2, -0.15) is 0 Å². The van der Waals surface area contributed by atoms with Gasteiger partial charge in [-0.1, -0.05) is 32.3 Å². The number of nitrogens with zero attached hydrogens (tertiary/aromatic N) is 3. The SMILES string of the molecule is CO[C@H]1CN(C)C(=O)c2cc(NC(=O)C3CCCCC3)ccc2OC[C@H](C)N(Cc2cccnc2)C[C@@H]1C. The minimum atomic E-state index is -0.150. The predicted molar refractivity (Wildman–Crippen MR) is 148 cm³/mol. The van der Waals surface area contributed by atoms with E-state index in [0.717, 1.165) is 44.3 Å². The molecule has 0 bridgehead atoms. The Bertz CT molecular complexity index is 1070. The van der Waals surface area contributed by atoms with E-state index in [4.69, 9.17) is 9.47 Å². The van der Waals surface area contributed by atoms with Crippen molar-refractivity contribution >= 4 is 17.5 Å². The smallest absolute Gasteiger partial charge is 0.257 e. The topological polar surface area (TPSA) is 84.0 Å². The number of ether oxygens (including phenoxy) is 2. The summed E-state index contributed by atoms with van der Waals surface area (Å²) in [6.07, 6.45) is 8.77. The fourth-order valence-corrected chi connectivity index (χ4v) is 5.48. The normalized spacial score (nSPS) is 24.1. The summed E-state index contributed by atoms with van der Waals surface area (Å²) in [6, 6.07) is 9.51. The van der Waals surface area contributed by atoms with Crippen LogP contribution in [0.4, 0.5) is 5.69 Å². The van der Waals surface area contributed by atoms with Crippen LogP contribution in [-0.4, -0.2) is 72.6 Å². The summed E-state index contributed by atoms with van der Waals surface area (Å²) in [5.41, 5.74) is 2.21. The van der Waals surface area contributed by atoms with Crippen molar-refractivity contribution in [2.24, 2.45) is 11.8 Å². The zero-order chi connectivity index (χ0) is 27.1. The van der Waals surface area contributed by atoms with Crippen molar-refractivity contribution in [2.75, 3.05) is 39.2 Å². The Hall–Kier alpha value is -2.97. The van der Waals surface area contributed by atoms with Crippen LogP contribution in [0.25, 0.3) is 0 Å². The van der Waals surface area contributed by atoms with Gasteiger partial charge in [0, 0.05) is 63.8 Å². The Kier molecular flexibility index (Phi) is 9.74. The summed E-state index contributed by atoms with van der Waals surface area (Å²) in [7, 11) is 3.50. The Morgan fingerprint density at radius 1 is 1.16 bits per heavy atom. The number of nitrogens with one attached hydrogen (secondary N) is 1. The average Bonchev–Trinajstić information content (AvgIpc) is 2.94. The molecule has 206 valence electrons. The van der Waals surface area contributed by atoms with Gasteiger partial charge in [0.05, 0.1) is 11.7 Å². The molecule has 2 amide bonds. The molecule has 2 aliphatic rings. The monoisotopic (exact) mass is 522 g/mol. The third-order valence-electron chi connectivity index (χ3n) is 7.93. The number of anilines is 1. The van der Waals surface area contributed by atoms with Gasteiger partial charge in [-0.05, 0) is 55.5 Å². The molecule has 0 spiro atoms. The van der Waals surface area contributed by atoms with Crippen LogP contribution in [0.2, 0.25) is 0 Å². The van der Waals surface area contributed by atoms with E-state index < -0.39 is 0 Å². The molecule has 0 unspecified atom stereocenters. The molecule has 1 N–H and O–H groups in total. The highest BCUT2D eigenvalue weighted by Gasteiger charge is 2.29. The number of rotatable bonds is 5. The molecule has 3 atom stereocenters. The molecule has 0 saturated heterocycles. The van der Waals surface area contributed by atoms with Gasteiger partial charge in [-0.25, -0.2) is 0 Å². The molecule has 8 nitrogen and oxygen atoms in total. The lowest BCUT2D eigenvalue weighted by molar-refractivity contribution is -0.120. The second kappa shape index (κ2) is 13.2. The number of carbonyl (C=O) groups is 2. The lowest BCUT2D eigenvalue weighted by atomic mass is 9.88. The van der Waals surface area contributed by atoms with E-state index in [1.54, 1.807) is 37.4 Å². The molecule has 0 radical (unpaired) electrons. The number of likely N-dealkylation sites (N-methyl/N-ethyl adjacent to an activating group) is 1. The van der Waals surface area contributed by atoms with Crippen LogP contribution in [0.1, 0.15) is 61.9 Å². The second-order valence-electron chi connectivity index (χ2n) is 10.9. The maximum absolute atomic E-state index is 13.6. The van der Waals surface area contributed by atoms with Crippen LogP contribution in [0.5, 0.6) is 5.75 Å².